The van der Waals surface area contributed by atoms with Gasteiger partial charge in [0.25, 0.3) is 0 Å². The third-order valence-corrected chi connectivity index (χ3v) is 3.99. The van der Waals surface area contributed by atoms with Crippen LogP contribution in [0.2, 0.25) is 0 Å². The van der Waals surface area contributed by atoms with Gasteiger partial charge in [0.2, 0.25) is 0 Å². The molecule has 3 rings (SSSR count). The molecule has 4 heteroatoms. The molecule has 0 radical (unpaired) electrons. The fourth-order valence-corrected chi connectivity index (χ4v) is 2.99. The molecule has 0 spiro atoms. The first kappa shape index (κ1) is 15.5. The van der Waals surface area contributed by atoms with Gasteiger partial charge in [0.05, 0.1) is 6.04 Å². The van der Waals surface area contributed by atoms with Crippen molar-refractivity contribution in [1.82, 2.24) is 5.32 Å². The highest BCUT2D eigenvalue weighted by Gasteiger charge is 2.30. The zero-order chi connectivity index (χ0) is 16.6. The molecule has 2 aromatic carbocycles. The molecule has 1 amide bonds. The van der Waals surface area contributed by atoms with E-state index >= 15 is 0 Å². The highest BCUT2D eigenvalue weighted by atomic mass is 16.6. The van der Waals surface area contributed by atoms with Gasteiger partial charge in [0.15, 0.2) is 5.78 Å². The first-order valence-electron chi connectivity index (χ1n) is 7.85. The van der Waals surface area contributed by atoms with E-state index in [0.29, 0.717) is 12.8 Å². The summed E-state index contributed by atoms with van der Waals surface area (Å²) in [7, 11) is 0. The lowest BCUT2D eigenvalue weighted by atomic mass is 9.84. The van der Waals surface area contributed by atoms with Crippen LogP contribution in [0.4, 0.5) is 4.79 Å². The normalized spacial score (nSPS) is 17.7. The van der Waals surface area contributed by atoms with Crippen LogP contribution in [-0.4, -0.2) is 23.5 Å². The van der Waals surface area contributed by atoms with Crippen LogP contribution in [-0.2, 0) is 22.4 Å². The highest BCUT2D eigenvalue weighted by Crippen LogP contribution is 2.28. The maximum absolute atomic E-state index is 12.4. The van der Waals surface area contributed by atoms with Crippen LogP contribution in [0.15, 0.2) is 36.4 Å². The Kier molecular flexibility index (Phi) is 3.84. The summed E-state index contributed by atoms with van der Waals surface area (Å²) in [5, 5.41) is 4.96. The summed E-state index contributed by atoms with van der Waals surface area (Å²) in [4.78, 5) is 24.3. The minimum absolute atomic E-state index is 0.0275. The van der Waals surface area contributed by atoms with E-state index in [1.807, 2.05) is 30.3 Å². The first-order chi connectivity index (χ1) is 10.8. The zero-order valence-corrected chi connectivity index (χ0v) is 13.7. The Morgan fingerprint density at radius 3 is 2.65 bits per heavy atom. The number of hydrogen-bond donors (Lipinski definition) is 1. The van der Waals surface area contributed by atoms with Crippen LogP contribution < -0.4 is 5.32 Å². The summed E-state index contributed by atoms with van der Waals surface area (Å²) < 4.78 is 5.24. The molecule has 0 aliphatic heterocycles. The standard InChI is InChI=1S/C19H21NO3/c1-19(2,3)23-18(22)20-16-10-13-9-8-12-6-4-5-7-14(12)15(13)11-17(16)21/h4-9,16H,10-11H2,1-3H3,(H,20,22). The molecule has 0 saturated heterocycles. The molecule has 0 fully saturated rings. The van der Waals surface area contributed by atoms with Crippen LogP contribution in [0.1, 0.15) is 31.9 Å². The molecule has 23 heavy (non-hydrogen) atoms. The lowest BCUT2D eigenvalue weighted by molar-refractivity contribution is -0.120. The van der Waals surface area contributed by atoms with Gasteiger partial charge in [-0.1, -0.05) is 36.4 Å². The maximum Gasteiger partial charge on any atom is 0.408 e. The average Bonchev–Trinajstić information content (AvgIpc) is 2.46. The summed E-state index contributed by atoms with van der Waals surface area (Å²) in [5.41, 5.74) is 1.62. The minimum atomic E-state index is -0.574. The molecule has 1 unspecified atom stereocenters. The molecule has 2 aromatic rings. The number of alkyl carbamates (subject to hydrolysis) is 1. The van der Waals surface area contributed by atoms with Gasteiger partial charge in [-0.25, -0.2) is 4.79 Å². The molecule has 0 bridgehead atoms. The fraction of sp³-hybridized carbons (Fsp3) is 0.368. The largest absolute Gasteiger partial charge is 0.444 e. The number of hydrogen-bond acceptors (Lipinski definition) is 3. The fourth-order valence-electron chi connectivity index (χ4n) is 2.99. The van der Waals surface area contributed by atoms with Crippen LogP contribution >= 0.6 is 0 Å². The van der Waals surface area contributed by atoms with E-state index in [9.17, 15) is 9.59 Å². The van der Waals surface area contributed by atoms with Crippen molar-refractivity contribution in [1.29, 1.82) is 0 Å². The quantitative estimate of drug-likeness (QED) is 0.878. The van der Waals surface area contributed by atoms with Gasteiger partial charge in [-0.2, -0.15) is 0 Å². The van der Waals surface area contributed by atoms with Crippen LogP contribution in [0, 0.1) is 0 Å². The second kappa shape index (κ2) is 5.69. The van der Waals surface area contributed by atoms with E-state index < -0.39 is 17.7 Å². The lowest BCUT2D eigenvalue weighted by Crippen LogP contribution is -2.47. The predicted molar refractivity (Wildman–Crippen MR) is 89.5 cm³/mol. The highest BCUT2D eigenvalue weighted by molar-refractivity contribution is 5.97. The Hall–Kier alpha value is -2.36. The van der Waals surface area contributed by atoms with E-state index in [1.54, 1.807) is 20.8 Å². The van der Waals surface area contributed by atoms with Crippen molar-refractivity contribution >= 4 is 22.6 Å². The molecule has 4 nitrogen and oxygen atoms in total. The van der Waals surface area contributed by atoms with Gasteiger partial charge in [-0.15, -0.1) is 0 Å². The van der Waals surface area contributed by atoms with Crippen molar-refractivity contribution in [2.75, 3.05) is 0 Å². The van der Waals surface area contributed by atoms with Gasteiger partial charge in [0, 0.05) is 12.8 Å². The summed E-state index contributed by atoms with van der Waals surface area (Å²) in [6, 6.07) is 11.7. The van der Waals surface area contributed by atoms with E-state index in [4.69, 9.17) is 4.74 Å². The minimum Gasteiger partial charge on any atom is -0.444 e. The molecule has 1 N–H and O–H groups in total. The summed E-state index contributed by atoms with van der Waals surface area (Å²) in [6.45, 7) is 5.41. The van der Waals surface area contributed by atoms with Gasteiger partial charge >= 0.3 is 6.09 Å². The molecule has 0 heterocycles. The molecule has 1 aliphatic carbocycles. The number of carbonyl (C=O) groups excluding carboxylic acids is 2. The van der Waals surface area contributed by atoms with E-state index in [-0.39, 0.29) is 5.78 Å². The predicted octanol–water partition coefficient (Wildman–Crippen LogP) is 3.40. The van der Waals surface area contributed by atoms with Crippen LogP contribution in [0.25, 0.3) is 10.8 Å². The van der Waals surface area contributed by atoms with Gasteiger partial charge in [-0.3, -0.25) is 4.79 Å². The number of benzene rings is 2. The first-order valence-corrected chi connectivity index (χ1v) is 7.85. The molecule has 1 aliphatic rings. The molecule has 0 aromatic heterocycles. The number of Topliss-reactive ketones (excluding diaryl/α,β-unsaturated/α-hetero) is 1. The van der Waals surface area contributed by atoms with Crippen molar-refractivity contribution < 1.29 is 14.3 Å². The third-order valence-electron chi connectivity index (χ3n) is 3.99. The second-order valence-electron chi connectivity index (χ2n) is 6.97. The number of fused-ring (bicyclic) bond motifs is 3. The van der Waals surface area contributed by atoms with Crippen LogP contribution in [0.3, 0.4) is 0 Å². The summed E-state index contributed by atoms with van der Waals surface area (Å²) in [5.74, 6) is 0.0275. The molecular weight excluding hydrogens is 290 g/mol. The maximum atomic E-state index is 12.4. The monoisotopic (exact) mass is 311 g/mol. The second-order valence-corrected chi connectivity index (χ2v) is 6.97. The average molecular weight is 311 g/mol. The van der Waals surface area contributed by atoms with Gasteiger partial charge in [-0.05, 0) is 42.7 Å². The van der Waals surface area contributed by atoms with Crippen molar-refractivity contribution in [2.45, 2.75) is 45.3 Å². The molecular formula is C19H21NO3. The van der Waals surface area contributed by atoms with Crippen molar-refractivity contribution in [3.63, 3.8) is 0 Å². The lowest BCUT2D eigenvalue weighted by Gasteiger charge is -2.27. The van der Waals surface area contributed by atoms with Gasteiger partial charge in [0.1, 0.15) is 5.60 Å². The molecule has 120 valence electrons. The number of ketones is 1. The van der Waals surface area contributed by atoms with Crippen LogP contribution in [0.5, 0.6) is 0 Å². The number of amides is 1. The van der Waals surface area contributed by atoms with Gasteiger partial charge < -0.3 is 10.1 Å². The Bertz CT molecular complexity index is 774. The Balaban J connectivity index is 1.83. The topological polar surface area (TPSA) is 55.4 Å². The number of nitrogens with one attached hydrogen (secondary N) is 1. The summed E-state index contributed by atoms with van der Waals surface area (Å²) >= 11 is 0. The molecule has 0 saturated carbocycles. The van der Waals surface area contributed by atoms with E-state index in [1.165, 1.54) is 0 Å². The third kappa shape index (κ3) is 3.36. The number of carbonyl (C=O) groups is 2. The number of rotatable bonds is 1. The van der Waals surface area contributed by atoms with Crippen molar-refractivity contribution in [3.05, 3.63) is 47.5 Å². The zero-order valence-electron chi connectivity index (χ0n) is 13.7. The molecule has 1 atom stereocenters. The van der Waals surface area contributed by atoms with E-state index in [2.05, 4.69) is 11.4 Å². The summed E-state index contributed by atoms with van der Waals surface area (Å²) in [6.07, 6.45) is 0.315. The van der Waals surface area contributed by atoms with Crippen molar-refractivity contribution in [3.8, 4) is 0 Å². The Morgan fingerprint density at radius 1 is 1.17 bits per heavy atom. The SMILES string of the molecule is CC(C)(C)OC(=O)NC1Cc2ccc3ccccc3c2CC1=O. The Labute approximate surface area is 135 Å². The smallest absolute Gasteiger partial charge is 0.408 e. The van der Waals surface area contributed by atoms with E-state index in [0.717, 1.165) is 21.9 Å². The van der Waals surface area contributed by atoms with Crippen molar-refractivity contribution in [2.24, 2.45) is 0 Å². The number of ether oxygens (including phenoxy) is 1. The Morgan fingerprint density at radius 2 is 1.91 bits per heavy atom.